The molecule has 0 saturated carbocycles. The summed E-state index contributed by atoms with van der Waals surface area (Å²) in [6, 6.07) is 17.0. The molecular formula is C32H26N6S. The van der Waals surface area contributed by atoms with E-state index in [2.05, 4.69) is 86.2 Å². The number of aromatic nitrogens is 6. The minimum Gasteiger partial charge on any atom is -0.359 e. The first-order valence-electron chi connectivity index (χ1n) is 12.9. The minimum absolute atomic E-state index is 0.894. The van der Waals surface area contributed by atoms with Gasteiger partial charge in [-0.05, 0) is 75.2 Å². The molecule has 7 aromatic rings. The van der Waals surface area contributed by atoms with E-state index < -0.39 is 0 Å². The number of aryl methyl sites for hydroxylation is 2. The van der Waals surface area contributed by atoms with Crippen molar-refractivity contribution in [2.24, 2.45) is 0 Å². The predicted octanol–water partition coefficient (Wildman–Crippen LogP) is 8.19. The molecule has 0 saturated heterocycles. The van der Waals surface area contributed by atoms with Crippen molar-refractivity contribution in [3.63, 3.8) is 0 Å². The number of aromatic amines is 2. The van der Waals surface area contributed by atoms with Crippen LogP contribution in [0.3, 0.4) is 0 Å². The van der Waals surface area contributed by atoms with E-state index in [1.165, 1.54) is 20.9 Å². The third-order valence-electron chi connectivity index (χ3n) is 7.43. The van der Waals surface area contributed by atoms with Crippen molar-refractivity contribution in [2.75, 3.05) is 0 Å². The predicted molar refractivity (Wildman–Crippen MR) is 160 cm³/mol. The summed E-state index contributed by atoms with van der Waals surface area (Å²) in [6.45, 7) is 8.51. The molecular weight excluding hydrogens is 500 g/mol. The first-order chi connectivity index (χ1) is 19.0. The summed E-state index contributed by atoms with van der Waals surface area (Å²) in [5.74, 6) is 0. The summed E-state index contributed by atoms with van der Waals surface area (Å²) in [5, 5.41) is 0. The Hall–Kier alpha value is -4.62. The minimum atomic E-state index is 0.894. The van der Waals surface area contributed by atoms with Gasteiger partial charge in [0.2, 0.25) is 0 Å². The largest absolute Gasteiger partial charge is 0.359 e. The van der Waals surface area contributed by atoms with Gasteiger partial charge in [-0.25, -0.2) is 0 Å². The van der Waals surface area contributed by atoms with E-state index in [-0.39, 0.29) is 0 Å². The standard InChI is InChI=1S/C32H26N6S/c1-17-5-11-25(37-17)21-7-9-23(29-27(21)33-13-15-35-29)31-19(3)20(4)32(39-31)24-10-8-22(26-12-6-18(2)38-26)28-30(24)36-16-14-34-28/h5-16,37-38H,1-4H3. The molecule has 7 rings (SSSR count). The summed E-state index contributed by atoms with van der Waals surface area (Å²) < 4.78 is 0. The van der Waals surface area contributed by atoms with Crippen LogP contribution in [0.1, 0.15) is 22.5 Å². The first kappa shape index (κ1) is 23.5. The van der Waals surface area contributed by atoms with E-state index in [0.29, 0.717) is 0 Å². The molecule has 39 heavy (non-hydrogen) atoms. The number of nitrogens with zero attached hydrogens (tertiary/aromatic N) is 4. The van der Waals surface area contributed by atoms with Crippen molar-refractivity contribution in [2.45, 2.75) is 27.7 Å². The van der Waals surface area contributed by atoms with Crippen LogP contribution in [-0.4, -0.2) is 29.9 Å². The molecule has 7 heteroatoms. The Morgan fingerprint density at radius 3 is 1.18 bits per heavy atom. The number of benzene rings is 2. The van der Waals surface area contributed by atoms with Crippen LogP contribution >= 0.6 is 11.3 Å². The lowest BCUT2D eigenvalue weighted by molar-refractivity contribution is 1.25. The fraction of sp³-hybridized carbons (Fsp3) is 0.125. The van der Waals surface area contributed by atoms with E-state index in [0.717, 1.165) is 67.1 Å². The smallest absolute Gasteiger partial charge is 0.0986 e. The van der Waals surface area contributed by atoms with Gasteiger partial charge in [-0.15, -0.1) is 11.3 Å². The number of hydrogen-bond donors (Lipinski definition) is 2. The Bertz CT molecular complexity index is 1880. The number of rotatable bonds is 4. The fourth-order valence-electron chi connectivity index (χ4n) is 5.35. The quantitative estimate of drug-likeness (QED) is 0.242. The van der Waals surface area contributed by atoms with Gasteiger partial charge in [-0.3, -0.25) is 19.9 Å². The highest BCUT2D eigenvalue weighted by Gasteiger charge is 2.21. The van der Waals surface area contributed by atoms with Gasteiger partial charge < -0.3 is 9.97 Å². The summed E-state index contributed by atoms with van der Waals surface area (Å²) in [7, 11) is 0. The van der Waals surface area contributed by atoms with Gasteiger partial charge in [0, 0.05) is 79.6 Å². The van der Waals surface area contributed by atoms with Gasteiger partial charge >= 0.3 is 0 Å². The summed E-state index contributed by atoms with van der Waals surface area (Å²) in [4.78, 5) is 28.4. The van der Waals surface area contributed by atoms with Crippen molar-refractivity contribution in [1.82, 2.24) is 29.9 Å². The highest BCUT2D eigenvalue weighted by atomic mass is 32.1. The number of H-pyrrole nitrogens is 2. The third kappa shape index (κ3) is 3.77. The molecule has 0 unspecified atom stereocenters. The zero-order valence-corrected chi connectivity index (χ0v) is 22.9. The van der Waals surface area contributed by atoms with Crippen molar-refractivity contribution >= 4 is 33.4 Å². The van der Waals surface area contributed by atoms with Gasteiger partial charge in [0.05, 0.1) is 22.1 Å². The third-order valence-corrected chi connectivity index (χ3v) is 8.89. The average Bonchev–Trinajstić information content (AvgIpc) is 3.67. The lowest BCUT2D eigenvalue weighted by atomic mass is 9.99. The highest BCUT2D eigenvalue weighted by molar-refractivity contribution is 7.19. The molecule has 0 fully saturated rings. The lowest BCUT2D eigenvalue weighted by Gasteiger charge is -2.09. The van der Waals surface area contributed by atoms with Crippen molar-refractivity contribution in [3.05, 3.63) is 95.8 Å². The van der Waals surface area contributed by atoms with Crippen LogP contribution in [0.4, 0.5) is 0 Å². The monoisotopic (exact) mass is 526 g/mol. The number of nitrogens with one attached hydrogen (secondary N) is 2. The van der Waals surface area contributed by atoms with E-state index in [1.54, 1.807) is 36.1 Å². The van der Waals surface area contributed by atoms with Gasteiger partial charge in [0.25, 0.3) is 0 Å². The molecule has 190 valence electrons. The maximum atomic E-state index is 4.80. The second-order valence-corrected chi connectivity index (χ2v) is 11.0. The van der Waals surface area contributed by atoms with Crippen LogP contribution in [0.2, 0.25) is 0 Å². The second kappa shape index (κ2) is 8.99. The first-order valence-corrected chi connectivity index (χ1v) is 13.7. The number of thiophene rings is 1. The average molecular weight is 527 g/mol. The van der Waals surface area contributed by atoms with Crippen molar-refractivity contribution in [1.29, 1.82) is 0 Å². The van der Waals surface area contributed by atoms with Crippen LogP contribution in [0.15, 0.2) is 73.3 Å². The topological polar surface area (TPSA) is 83.1 Å². The van der Waals surface area contributed by atoms with Gasteiger partial charge in [-0.1, -0.05) is 12.1 Å². The molecule has 0 aliphatic rings. The van der Waals surface area contributed by atoms with Crippen LogP contribution < -0.4 is 0 Å². The van der Waals surface area contributed by atoms with E-state index in [9.17, 15) is 0 Å². The zero-order valence-electron chi connectivity index (χ0n) is 22.1. The van der Waals surface area contributed by atoms with Crippen LogP contribution in [-0.2, 0) is 0 Å². The van der Waals surface area contributed by atoms with Gasteiger partial charge in [0.15, 0.2) is 0 Å². The van der Waals surface area contributed by atoms with Gasteiger partial charge in [-0.2, -0.15) is 0 Å². The number of hydrogen-bond acceptors (Lipinski definition) is 5. The normalized spacial score (nSPS) is 11.6. The number of fused-ring (bicyclic) bond motifs is 2. The summed E-state index contributed by atoms with van der Waals surface area (Å²) in [5.41, 5.74) is 14.7. The molecule has 5 heterocycles. The highest BCUT2D eigenvalue weighted by Crippen LogP contribution is 2.46. The lowest BCUT2D eigenvalue weighted by Crippen LogP contribution is -1.91. The maximum absolute atomic E-state index is 4.80. The Balaban J connectivity index is 1.41. The zero-order chi connectivity index (χ0) is 26.7. The van der Waals surface area contributed by atoms with Crippen LogP contribution in [0.5, 0.6) is 0 Å². The molecule has 0 aliphatic heterocycles. The molecule has 0 amide bonds. The summed E-state index contributed by atoms with van der Waals surface area (Å²) >= 11 is 1.78. The molecule has 2 N–H and O–H groups in total. The maximum Gasteiger partial charge on any atom is 0.0986 e. The van der Waals surface area contributed by atoms with E-state index >= 15 is 0 Å². The molecule has 6 nitrogen and oxygen atoms in total. The Morgan fingerprint density at radius 1 is 0.462 bits per heavy atom. The van der Waals surface area contributed by atoms with Gasteiger partial charge in [0.1, 0.15) is 0 Å². The van der Waals surface area contributed by atoms with Crippen molar-refractivity contribution < 1.29 is 0 Å². The Kier molecular flexibility index (Phi) is 5.42. The molecule has 0 spiro atoms. The van der Waals surface area contributed by atoms with E-state index in [1.807, 2.05) is 0 Å². The molecule has 2 aromatic carbocycles. The second-order valence-electron chi connectivity index (χ2n) is 9.95. The SMILES string of the molecule is Cc1ccc(-c2ccc(-c3sc(-c4ccc(-c5ccc(C)[nH]5)c5nccnc45)c(C)c3C)c3nccnc23)[nH]1. The molecule has 0 aliphatic carbocycles. The molecule has 0 atom stereocenters. The van der Waals surface area contributed by atoms with Crippen molar-refractivity contribution in [3.8, 4) is 43.4 Å². The Morgan fingerprint density at radius 2 is 0.821 bits per heavy atom. The Labute approximate surface area is 229 Å². The molecule has 0 bridgehead atoms. The van der Waals surface area contributed by atoms with Crippen LogP contribution in [0, 0.1) is 27.7 Å². The fourth-order valence-corrected chi connectivity index (χ4v) is 6.71. The molecule has 0 radical (unpaired) electrons. The summed E-state index contributed by atoms with van der Waals surface area (Å²) in [6.07, 6.45) is 7.08. The van der Waals surface area contributed by atoms with E-state index in [4.69, 9.17) is 19.9 Å². The molecule has 5 aromatic heterocycles. The van der Waals surface area contributed by atoms with Crippen LogP contribution in [0.25, 0.3) is 65.5 Å².